The van der Waals surface area contributed by atoms with Crippen LogP contribution in [0.25, 0.3) is 0 Å². The number of nitrogens with one attached hydrogen (secondary N) is 1. The van der Waals surface area contributed by atoms with Gasteiger partial charge in [0, 0.05) is 19.6 Å². The quantitative estimate of drug-likeness (QED) is 0.641. The van der Waals surface area contributed by atoms with Crippen molar-refractivity contribution >= 4 is 24.1 Å². The molecule has 1 aliphatic rings. The predicted octanol–water partition coefficient (Wildman–Crippen LogP) is 0.327. The molecule has 4 amide bonds. The smallest absolute Gasteiger partial charge is 0.325 e. The topological polar surface area (TPSA) is 86.8 Å². The Hall–Kier alpha value is -2.70. The first-order valence-corrected chi connectivity index (χ1v) is 7.00. The van der Waals surface area contributed by atoms with E-state index in [9.17, 15) is 19.2 Å². The lowest BCUT2D eigenvalue weighted by Gasteiger charge is -2.32. The maximum Gasteiger partial charge on any atom is 0.325 e. The fourth-order valence-electron chi connectivity index (χ4n) is 2.24. The van der Waals surface area contributed by atoms with Crippen LogP contribution in [0.15, 0.2) is 30.3 Å². The highest BCUT2D eigenvalue weighted by Crippen LogP contribution is 2.12. The van der Waals surface area contributed by atoms with Gasteiger partial charge in [-0.15, -0.1) is 0 Å². The monoisotopic (exact) mass is 303 g/mol. The van der Waals surface area contributed by atoms with Crippen LogP contribution in [0.3, 0.4) is 0 Å². The Morgan fingerprint density at radius 2 is 1.91 bits per heavy atom. The first-order valence-electron chi connectivity index (χ1n) is 7.00. The lowest BCUT2D eigenvalue weighted by Crippen LogP contribution is -2.58. The summed E-state index contributed by atoms with van der Waals surface area (Å²) in [6.07, 6.45) is 0.585. The van der Waals surface area contributed by atoms with Gasteiger partial charge in [0.25, 0.3) is 0 Å². The van der Waals surface area contributed by atoms with Crippen molar-refractivity contribution < 1.29 is 19.2 Å². The second-order valence-corrected chi connectivity index (χ2v) is 4.82. The molecule has 1 fully saturated rings. The van der Waals surface area contributed by atoms with E-state index in [-0.39, 0.29) is 6.54 Å². The summed E-state index contributed by atoms with van der Waals surface area (Å²) >= 11 is 0. The van der Waals surface area contributed by atoms with Crippen molar-refractivity contribution in [3.8, 4) is 0 Å². The van der Waals surface area contributed by atoms with Gasteiger partial charge in [0.2, 0.25) is 0 Å². The minimum Gasteiger partial charge on any atom is -0.333 e. The number of hydrogen-bond acceptors (Lipinski definition) is 4. The molecule has 1 atom stereocenters. The van der Waals surface area contributed by atoms with Gasteiger partial charge in [0.15, 0.2) is 0 Å². The van der Waals surface area contributed by atoms with Crippen LogP contribution in [0.1, 0.15) is 18.5 Å². The van der Waals surface area contributed by atoms with E-state index >= 15 is 0 Å². The number of benzene rings is 1. The highest BCUT2D eigenvalue weighted by atomic mass is 16.2. The molecule has 1 aromatic carbocycles. The molecule has 116 valence electrons. The van der Waals surface area contributed by atoms with Crippen molar-refractivity contribution in [1.29, 1.82) is 0 Å². The van der Waals surface area contributed by atoms with Gasteiger partial charge in [-0.25, -0.2) is 4.79 Å². The standard InChI is InChI=1S/C15H17N3O4/c1-2-17-8-9-18(14(21)13(17)20)15(22)16-12(10-19)11-6-4-3-5-7-11/h3-7,10,12H,2,8-9H2,1H3,(H,16,22). The fourth-order valence-corrected chi connectivity index (χ4v) is 2.24. The number of amides is 4. The average Bonchev–Trinajstić information content (AvgIpc) is 2.55. The van der Waals surface area contributed by atoms with Crippen molar-refractivity contribution in [2.45, 2.75) is 13.0 Å². The molecule has 0 saturated carbocycles. The Balaban J connectivity index is 2.07. The molecule has 7 heteroatoms. The molecule has 2 rings (SSSR count). The molecule has 1 saturated heterocycles. The van der Waals surface area contributed by atoms with Crippen molar-refractivity contribution in [2.24, 2.45) is 0 Å². The van der Waals surface area contributed by atoms with Crippen LogP contribution in [-0.2, 0) is 14.4 Å². The zero-order chi connectivity index (χ0) is 16.1. The number of carbonyl (C=O) groups is 4. The lowest BCUT2D eigenvalue weighted by atomic mass is 10.1. The minimum absolute atomic E-state index is 0.116. The Morgan fingerprint density at radius 1 is 1.23 bits per heavy atom. The van der Waals surface area contributed by atoms with Crippen LogP contribution >= 0.6 is 0 Å². The summed E-state index contributed by atoms with van der Waals surface area (Å²) in [4.78, 5) is 49.3. The van der Waals surface area contributed by atoms with Crippen LogP contribution in [-0.4, -0.2) is 53.6 Å². The molecule has 0 bridgehead atoms. The largest absolute Gasteiger partial charge is 0.333 e. The van der Waals surface area contributed by atoms with E-state index in [0.29, 0.717) is 24.9 Å². The molecular formula is C15H17N3O4. The zero-order valence-electron chi connectivity index (χ0n) is 12.2. The zero-order valence-corrected chi connectivity index (χ0v) is 12.2. The Labute approximate surface area is 127 Å². The van der Waals surface area contributed by atoms with Crippen LogP contribution < -0.4 is 5.32 Å². The molecule has 22 heavy (non-hydrogen) atoms. The highest BCUT2D eigenvalue weighted by Gasteiger charge is 2.36. The molecule has 0 aliphatic carbocycles. The Kier molecular flexibility index (Phi) is 4.88. The average molecular weight is 303 g/mol. The van der Waals surface area contributed by atoms with Gasteiger partial charge in [-0.1, -0.05) is 30.3 Å². The van der Waals surface area contributed by atoms with Crippen molar-refractivity contribution in [1.82, 2.24) is 15.1 Å². The van der Waals surface area contributed by atoms with Crippen molar-refractivity contribution in [3.63, 3.8) is 0 Å². The number of aldehydes is 1. The van der Waals surface area contributed by atoms with Crippen LogP contribution in [0, 0.1) is 0 Å². The van der Waals surface area contributed by atoms with E-state index in [0.717, 1.165) is 4.90 Å². The van der Waals surface area contributed by atoms with Gasteiger partial charge >= 0.3 is 17.8 Å². The van der Waals surface area contributed by atoms with E-state index in [4.69, 9.17) is 0 Å². The van der Waals surface area contributed by atoms with Gasteiger partial charge in [-0.05, 0) is 12.5 Å². The van der Waals surface area contributed by atoms with E-state index in [1.165, 1.54) is 4.90 Å². The molecule has 1 N–H and O–H groups in total. The Morgan fingerprint density at radius 3 is 2.50 bits per heavy atom. The summed E-state index contributed by atoms with van der Waals surface area (Å²) in [6.45, 7) is 2.59. The normalized spacial score (nSPS) is 16.4. The van der Waals surface area contributed by atoms with Gasteiger partial charge in [-0.2, -0.15) is 0 Å². The minimum atomic E-state index is -0.872. The molecule has 0 radical (unpaired) electrons. The van der Waals surface area contributed by atoms with Crippen molar-refractivity contribution in [3.05, 3.63) is 35.9 Å². The van der Waals surface area contributed by atoms with Crippen LogP contribution in [0.5, 0.6) is 0 Å². The molecule has 1 aliphatic heterocycles. The molecule has 7 nitrogen and oxygen atoms in total. The fraction of sp³-hybridized carbons (Fsp3) is 0.333. The predicted molar refractivity (Wildman–Crippen MR) is 77.7 cm³/mol. The highest BCUT2D eigenvalue weighted by molar-refractivity contribution is 6.38. The summed E-state index contributed by atoms with van der Waals surface area (Å²) in [5.41, 5.74) is 0.608. The number of urea groups is 1. The van der Waals surface area contributed by atoms with E-state index in [2.05, 4.69) is 5.32 Å². The van der Waals surface area contributed by atoms with Crippen LogP contribution in [0.4, 0.5) is 4.79 Å². The summed E-state index contributed by atoms with van der Waals surface area (Å²) in [5.74, 6) is -1.57. The maximum absolute atomic E-state index is 12.2. The number of likely N-dealkylation sites (N-methyl/N-ethyl adjacent to an activating group) is 1. The summed E-state index contributed by atoms with van der Waals surface area (Å²) in [5, 5.41) is 2.46. The first-order chi connectivity index (χ1) is 10.6. The molecule has 1 aromatic rings. The SMILES string of the molecule is CCN1CCN(C(=O)NC(C=O)c2ccccc2)C(=O)C1=O. The number of piperazine rings is 1. The Bertz CT molecular complexity index is 588. The number of rotatable bonds is 4. The van der Waals surface area contributed by atoms with E-state index in [1.807, 2.05) is 0 Å². The maximum atomic E-state index is 12.2. The third-order valence-corrected chi connectivity index (χ3v) is 3.51. The molecule has 0 aromatic heterocycles. The van der Waals surface area contributed by atoms with Crippen LogP contribution in [0.2, 0.25) is 0 Å². The molecule has 1 unspecified atom stereocenters. The molecule has 1 heterocycles. The first kappa shape index (κ1) is 15.7. The van der Waals surface area contributed by atoms with E-state index in [1.54, 1.807) is 37.3 Å². The number of carbonyl (C=O) groups excluding carboxylic acids is 4. The summed E-state index contributed by atoms with van der Waals surface area (Å²) < 4.78 is 0. The third-order valence-electron chi connectivity index (χ3n) is 3.51. The lowest BCUT2D eigenvalue weighted by molar-refractivity contribution is -0.153. The summed E-state index contributed by atoms with van der Waals surface area (Å²) in [6, 6.07) is 7.07. The number of hydrogen-bond donors (Lipinski definition) is 1. The van der Waals surface area contributed by atoms with Gasteiger partial charge in [0.05, 0.1) is 0 Å². The van der Waals surface area contributed by atoms with Crippen molar-refractivity contribution in [2.75, 3.05) is 19.6 Å². The number of imide groups is 1. The second kappa shape index (κ2) is 6.84. The summed E-state index contributed by atoms with van der Waals surface area (Å²) in [7, 11) is 0. The third kappa shape index (κ3) is 3.13. The van der Waals surface area contributed by atoms with Gasteiger partial charge in [-0.3, -0.25) is 14.5 Å². The van der Waals surface area contributed by atoms with Gasteiger partial charge < -0.3 is 15.0 Å². The second-order valence-electron chi connectivity index (χ2n) is 4.82. The number of nitrogens with zero attached hydrogens (tertiary/aromatic N) is 2. The van der Waals surface area contributed by atoms with E-state index < -0.39 is 23.9 Å². The molecule has 0 spiro atoms. The molecular weight excluding hydrogens is 286 g/mol. The van der Waals surface area contributed by atoms with Gasteiger partial charge in [0.1, 0.15) is 12.3 Å².